The zero-order valence-corrected chi connectivity index (χ0v) is 29.9. The number of methoxy groups -OCH3 is 1. The molecule has 0 atom stereocenters. The summed E-state index contributed by atoms with van der Waals surface area (Å²) in [4.78, 5) is 17.0. The van der Waals surface area contributed by atoms with Crippen LogP contribution in [0, 0.1) is 5.82 Å². The van der Waals surface area contributed by atoms with E-state index in [-0.39, 0.29) is 20.6 Å². The van der Waals surface area contributed by atoms with Crippen molar-refractivity contribution in [2.75, 3.05) is 26.5 Å². The Labute approximate surface area is 288 Å². The number of benzene rings is 3. The van der Waals surface area contributed by atoms with Gasteiger partial charge in [-0.25, -0.2) is 40.7 Å². The number of hydrogen-bond acceptors (Lipinski definition) is 9. The molecule has 2 amide bonds. The second kappa shape index (κ2) is 14.1. The molecule has 1 aromatic heterocycles. The van der Waals surface area contributed by atoms with Gasteiger partial charge < -0.3 is 4.74 Å². The summed E-state index contributed by atoms with van der Waals surface area (Å²) < 4.78 is 73.5. The zero-order chi connectivity index (χ0) is 34.9. The summed E-state index contributed by atoms with van der Waals surface area (Å²) in [5.74, 6) is -0.195. The summed E-state index contributed by atoms with van der Waals surface area (Å²) in [5.41, 5.74) is 4.60. The summed E-state index contributed by atoms with van der Waals surface area (Å²) in [6.07, 6.45) is 4.69. The Balaban J connectivity index is 1.43. The van der Waals surface area contributed by atoms with Crippen LogP contribution < -0.4 is 14.9 Å². The minimum Gasteiger partial charge on any atom is -0.494 e. The number of halogens is 2. The fourth-order valence-electron chi connectivity index (χ4n) is 5.31. The molecule has 48 heavy (non-hydrogen) atoms. The molecule has 0 radical (unpaired) electrons. The van der Waals surface area contributed by atoms with E-state index in [2.05, 4.69) is 5.43 Å². The van der Waals surface area contributed by atoms with Crippen molar-refractivity contribution in [3.63, 3.8) is 0 Å². The highest BCUT2D eigenvalue weighted by atomic mass is 35.5. The van der Waals surface area contributed by atoms with Crippen LogP contribution in [0.3, 0.4) is 0 Å². The summed E-state index contributed by atoms with van der Waals surface area (Å²) in [7, 11) is -6.19. The number of carbonyl (C=O) groups is 1. The molecule has 0 aliphatic carbocycles. The number of sulfonamides is 1. The Kier molecular flexibility index (Phi) is 10.5. The number of nitrogens with one attached hydrogen (secondary N) is 2. The lowest BCUT2D eigenvalue weighted by Crippen LogP contribution is -2.47. The molecule has 2 N–H and O–H groups in total. The Hall–Kier alpha value is -3.63. The molecule has 3 aromatic carbocycles. The summed E-state index contributed by atoms with van der Waals surface area (Å²) in [6, 6.07) is 14.5. The van der Waals surface area contributed by atoms with Gasteiger partial charge in [0.15, 0.2) is 26.6 Å². The number of ether oxygens (including phenoxy) is 1. The number of urea groups is 1. The van der Waals surface area contributed by atoms with Crippen molar-refractivity contribution in [2.45, 2.75) is 52.8 Å². The highest BCUT2D eigenvalue weighted by Gasteiger charge is 2.30. The van der Waals surface area contributed by atoms with Crippen LogP contribution >= 0.6 is 23.4 Å². The van der Waals surface area contributed by atoms with Crippen LogP contribution in [0.2, 0.25) is 5.02 Å². The van der Waals surface area contributed by atoms with E-state index >= 15 is 0 Å². The van der Waals surface area contributed by atoms with Crippen LogP contribution in [0.15, 0.2) is 81.8 Å². The van der Waals surface area contributed by atoms with Gasteiger partial charge in [-0.15, -0.1) is 0 Å². The summed E-state index contributed by atoms with van der Waals surface area (Å²) in [5, 5.41) is 2.37. The standard InChI is InChI=1S/C32H35ClFN5O6S3/c1-32(2,22-8-12-24(13-9-22)47(4,41)42)29-19-35-31(39(29)23-10-14-27(34)28(17-23)45-3)46-20-21-7-11-25(18-26(21)33)48(43,44)37-30(40)36-38-15-5-6-16-38/h7-14,17-19H,5-6,15-16,20H2,1-4H3,(H2,36,37,40). The third-order valence-electron chi connectivity index (χ3n) is 8.05. The van der Waals surface area contributed by atoms with Crippen molar-refractivity contribution in [1.29, 1.82) is 0 Å². The van der Waals surface area contributed by atoms with Gasteiger partial charge in [-0.1, -0.05) is 55.4 Å². The Morgan fingerprint density at radius 1 is 1.02 bits per heavy atom. The lowest BCUT2D eigenvalue weighted by molar-refractivity contribution is 0.202. The van der Waals surface area contributed by atoms with Crippen LogP contribution in [0.5, 0.6) is 5.75 Å². The van der Waals surface area contributed by atoms with Crippen molar-refractivity contribution >= 4 is 49.3 Å². The lowest BCUT2D eigenvalue weighted by Gasteiger charge is -2.28. The van der Waals surface area contributed by atoms with Gasteiger partial charge in [-0.2, -0.15) is 0 Å². The summed E-state index contributed by atoms with van der Waals surface area (Å²) in [6.45, 7) is 5.24. The smallest absolute Gasteiger partial charge is 0.343 e. The molecule has 1 aliphatic rings. The van der Waals surface area contributed by atoms with Gasteiger partial charge in [0.1, 0.15) is 0 Å². The Morgan fingerprint density at radius 2 is 1.69 bits per heavy atom. The number of carbonyl (C=O) groups excluding carboxylic acids is 1. The number of sulfone groups is 1. The SMILES string of the molecule is COc1cc(-n2c(C(C)(C)c3ccc(S(C)(=O)=O)cc3)cnc2SCc2ccc(S(=O)(=O)NC(=O)NN3CCCC3)cc2Cl)ccc1F. The maximum absolute atomic E-state index is 14.4. The highest BCUT2D eigenvalue weighted by molar-refractivity contribution is 7.98. The van der Waals surface area contributed by atoms with E-state index in [4.69, 9.17) is 21.3 Å². The molecule has 5 rings (SSSR count). The van der Waals surface area contributed by atoms with E-state index in [1.54, 1.807) is 53.7 Å². The second-order valence-electron chi connectivity index (χ2n) is 11.8. The number of rotatable bonds is 11. The molecule has 4 aromatic rings. The van der Waals surface area contributed by atoms with Crippen LogP contribution in [-0.2, 0) is 31.0 Å². The van der Waals surface area contributed by atoms with E-state index in [0.29, 0.717) is 35.2 Å². The van der Waals surface area contributed by atoms with Crippen LogP contribution in [0.1, 0.15) is 43.5 Å². The van der Waals surface area contributed by atoms with Gasteiger partial charge in [0.2, 0.25) is 0 Å². The number of imidazole rings is 1. The lowest BCUT2D eigenvalue weighted by atomic mass is 9.81. The first kappa shape index (κ1) is 35.7. The first-order valence-corrected chi connectivity index (χ1v) is 19.6. The monoisotopic (exact) mass is 735 g/mol. The zero-order valence-electron chi connectivity index (χ0n) is 26.7. The summed E-state index contributed by atoms with van der Waals surface area (Å²) >= 11 is 7.87. The predicted molar refractivity (Wildman–Crippen MR) is 182 cm³/mol. The molecule has 0 spiro atoms. The van der Waals surface area contributed by atoms with Crippen molar-refractivity contribution in [3.8, 4) is 11.4 Å². The first-order valence-electron chi connectivity index (χ1n) is 14.8. The van der Waals surface area contributed by atoms with Crippen LogP contribution in [0.4, 0.5) is 9.18 Å². The molecule has 1 aliphatic heterocycles. The van der Waals surface area contributed by atoms with Gasteiger partial charge in [0.25, 0.3) is 10.0 Å². The van der Waals surface area contributed by atoms with Crippen molar-refractivity contribution in [2.24, 2.45) is 0 Å². The molecule has 2 heterocycles. The average Bonchev–Trinajstić information content (AvgIpc) is 3.70. The molecular formula is C32H35ClFN5O6S3. The van der Waals surface area contributed by atoms with E-state index in [1.807, 2.05) is 23.1 Å². The number of hydrazine groups is 1. The number of thioether (sulfide) groups is 1. The van der Waals surface area contributed by atoms with Crippen molar-refractivity contribution < 1.29 is 30.8 Å². The number of amides is 2. The minimum absolute atomic E-state index is 0.0426. The Morgan fingerprint density at radius 3 is 2.31 bits per heavy atom. The maximum atomic E-state index is 14.4. The molecule has 11 nitrogen and oxygen atoms in total. The number of aromatic nitrogens is 2. The van der Waals surface area contributed by atoms with Gasteiger partial charge in [-0.05, 0) is 60.4 Å². The molecule has 1 fully saturated rings. The molecule has 0 unspecified atom stereocenters. The van der Waals surface area contributed by atoms with Crippen LogP contribution in [0.25, 0.3) is 5.69 Å². The average molecular weight is 736 g/mol. The predicted octanol–water partition coefficient (Wildman–Crippen LogP) is 5.69. The van der Waals surface area contributed by atoms with Gasteiger partial charge >= 0.3 is 6.03 Å². The normalized spacial score (nSPS) is 14.2. The van der Waals surface area contributed by atoms with E-state index in [0.717, 1.165) is 30.4 Å². The quantitative estimate of drug-likeness (QED) is 0.186. The third-order valence-corrected chi connectivity index (χ3v) is 11.9. The topological polar surface area (TPSA) is 140 Å². The molecule has 16 heteroatoms. The third kappa shape index (κ3) is 7.81. The van der Waals surface area contributed by atoms with E-state index < -0.39 is 37.1 Å². The fraction of sp³-hybridized carbons (Fsp3) is 0.312. The minimum atomic E-state index is -4.18. The fourth-order valence-corrected chi connectivity index (χ4v) is 8.26. The Bertz CT molecular complexity index is 2050. The molecule has 1 saturated heterocycles. The van der Waals surface area contributed by atoms with Crippen molar-refractivity contribution in [1.82, 2.24) is 24.7 Å². The largest absolute Gasteiger partial charge is 0.494 e. The maximum Gasteiger partial charge on any atom is 0.343 e. The van der Waals surface area contributed by atoms with E-state index in [1.165, 1.54) is 37.1 Å². The molecular weight excluding hydrogens is 701 g/mol. The molecule has 256 valence electrons. The highest BCUT2D eigenvalue weighted by Crippen LogP contribution is 2.38. The second-order valence-corrected chi connectivity index (χ2v) is 16.8. The van der Waals surface area contributed by atoms with Gasteiger partial charge in [0, 0.05) is 41.6 Å². The molecule has 0 saturated carbocycles. The van der Waals surface area contributed by atoms with E-state index in [9.17, 15) is 26.0 Å². The number of nitrogens with zero attached hydrogens (tertiary/aromatic N) is 3. The molecule has 0 bridgehead atoms. The van der Waals surface area contributed by atoms with Crippen molar-refractivity contribution in [3.05, 3.63) is 94.5 Å². The number of hydrogen-bond donors (Lipinski definition) is 2. The van der Waals surface area contributed by atoms with Gasteiger partial charge in [-0.3, -0.25) is 9.99 Å². The first-order chi connectivity index (χ1) is 22.6. The van der Waals surface area contributed by atoms with Gasteiger partial charge in [0.05, 0.1) is 34.5 Å². The van der Waals surface area contributed by atoms with Crippen LogP contribution in [-0.4, -0.2) is 63.9 Å².